The van der Waals surface area contributed by atoms with Gasteiger partial charge in [-0.15, -0.1) is 0 Å². The number of aryl methyl sites for hydroxylation is 1. The largest absolute Gasteiger partial charge is 0.464 e. The Hall–Kier alpha value is -10.8. The lowest BCUT2D eigenvalue weighted by atomic mass is 9.81. The van der Waals surface area contributed by atoms with Crippen LogP contribution < -0.4 is 0 Å². The van der Waals surface area contributed by atoms with E-state index in [0.29, 0.717) is 28.9 Å². The Morgan fingerprint density at radius 1 is 0.287 bits per heavy atom. The Morgan fingerprint density at radius 2 is 0.643 bits per heavy atom. The molecule has 7 aliphatic carbocycles. The molecule has 0 bridgehead atoms. The predicted molar refractivity (Wildman–Crippen MR) is 472 cm³/mol. The van der Waals surface area contributed by atoms with Crippen LogP contribution in [-0.4, -0.2) is 34.7 Å². The van der Waals surface area contributed by atoms with Gasteiger partial charge in [0, 0.05) is 74.5 Å². The molecule has 7 aliphatic rings. The summed E-state index contributed by atoms with van der Waals surface area (Å²) in [7, 11) is 0. The Labute approximate surface area is 681 Å². The van der Waals surface area contributed by atoms with Crippen LogP contribution in [0, 0.1) is 35.5 Å². The molecule has 1 heterocycles. The third-order valence-corrected chi connectivity index (χ3v) is 25.8. The molecule has 19 rings (SSSR count). The minimum Gasteiger partial charge on any atom is -0.464 e. The molecule has 115 heavy (non-hydrogen) atoms. The Kier molecular flexibility index (Phi) is 26.5. The third-order valence-electron chi connectivity index (χ3n) is 25.8. The van der Waals surface area contributed by atoms with Crippen molar-refractivity contribution < 1.29 is 33.2 Å². The highest BCUT2D eigenvalue weighted by molar-refractivity contribution is 6.09. The molecule has 7 heteroatoms. The highest BCUT2D eigenvalue weighted by Crippen LogP contribution is 2.45. The maximum Gasteiger partial charge on any atom is 0.166 e. The molecular weight excluding hydrogens is 1410 g/mol. The molecular formula is C108H112O7. The summed E-state index contributed by atoms with van der Waals surface area (Å²) in [5.74, 6) is 4.81. The maximum atomic E-state index is 12.6. The van der Waals surface area contributed by atoms with E-state index in [1.165, 1.54) is 139 Å². The van der Waals surface area contributed by atoms with Crippen LogP contribution in [0.25, 0.3) is 66.2 Å². The van der Waals surface area contributed by atoms with Crippen molar-refractivity contribution in [3.8, 4) is 44.7 Å². The van der Waals surface area contributed by atoms with E-state index in [4.69, 9.17) is 4.42 Å². The van der Waals surface area contributed by atoms with Crippen LogP contribution in [0.4, 0.5) is 0 Å². The Morgan fingerprint density at radius 3 is 1.11 bits per heavy atom. The average molecular weight is 1520 g/mol. The highest BCUT2D eigenvalue weighted by atomic mass is 16.3. The number of hydrogen-bond acceptors (Lipinski definition) is 7. The van der Waals surface area contributed by atoms with Crippen molar-refractivity contribution in [1.29, 1.82) is 0 Å². The van der Waals surface area contributed by atoms with E-state index in [9.17, 15) is 28.8 Å². The molecule has 1 fully saturated rings. The minimum absolute atomic E-state index is 0.154. The Balaban J connectivity index is 0.000000115. The Bertz CT molecular complexity index is 5480. The van der Waals surface area contributed by atoms with Gasteiger partial charge in [-0.1, -0.05) is 311 Å². The summed E-state index contributed by atoms with van der Waals surface area (Å²) in [5.41, 5.74) is 24.7. The van der Waals surface area contributed by atoms with Crippen LogP contribution in [0.3, 0.4) is 0 Å². The molecule has 0 N–H and O–H groups in total. The first-order chi connectivity index (χ1) is 56.3. The number of carbonyl (C=O) groups excluding carboxylic acids is 6. The summed E-state index contributed by atoms with van der Waals surface area (Å²) in [6.45, 7) is 14.9. The van der Waals surface area contributed by atoms with Crippen molar-refractivity contribution >= 4 is 56.2 Å². The van der Waals surface area contributed by atoms with E-state index in [1.807, 2.05) is 91.0 Å². The minimum atomic E-state index is 0.154. The lowest BCUT2D eigenvalue weighted by molar-refractivity contribution is 0.0923. The first-order valence-corrected chi connectivity index (χ1v) is 43.3. The van der Waals surface area contributed by atoms with Gasteiger partial charge in [0.2, 0.25) is 0 Å². The summed E-state index contributed by atoms with van der Waals surface area (Å²) in [5, 5.41) is 5.01. The third kappa shape index (κ3) is 17.2. The van der Waals surface area contributed by atoms with E-state index in [-0.39, 0.29) is 41.3 Å². The van der Waals surface area contributed by atoms with Crippen molar-refractivity contribution in [3.05, 3.63) is 321 Å². The second-order valence-electron chi connectivity index (χ2n) is 32.8. The van der Waals surface area contributed by atoms with E-state index in [2.05, 4.69) is 194 Å². The number of hydrogen-bond donors (Lipinski definition) is 0. The molecule has 0 aliphatic heterocycles. The number of unbranched alkanes of at least 4 members (excludes halogenated alkanes) is 1. The number of furan rings is 1. The van der Waals surface area contributed by atoms with Crippen molar-refractivity contribution in [2.75, 3.05) is 0 Å². The first-order valence-electron chi connectivity index (χ1n) is 43.3. The first kappa shape index (κ1) is 80.8. The number of Topliss-reactive ketones (excluding diaryl/α,β-unsaturated/α-hetero) is 6. The van der Waals surface area contributed by atoms with Crippen LogP contribution in [-0.2, 0) is 44.9 Å². The monoisotopic (exact) mass is 1520 g/mol. The van der Waals surface area contributed by atoms with Crippen LogP contribution in [0.1, 0.15) is 257 Å². The highest BCUT2D eigenvalue weighted by Gasteiger charge is 2.37. The molecule has 6 unspecified atom stereocenters. The zero-order valence-electron chi connectivity index (χ0n) is 68.5. The summed E-state index contributed by atoms with van der Waals surface area (Å²) >= 11 is 0. The molecule has 7 nitrogen and oxygen atoms in total. The topological polar surface area (TPSA) is 116 Å². The molecule has 6 atom stereocenters. The summed E-state index contributed by atoms with van der Waals surface area (Å²) < 4.78 is 5.44. The fourth-order valence-electron chi connectivity index (χ4n) is 19.5. The fraction of sp³-hybridized carbons (Fsp3) is 0.333. The zero-order chi connectivity index (χ0) is 80.1. The van der Waals surface area contributed by atoms with Gasteiger partial charge in [0.1, 0.15) is 5.76 Å². The van der Waals surface area contributed by atoms with Crippen molar-refractivity contribution in [3.63, 3.8) is 0 Å². The molecule has 1 saturated carbocycles. The smallest absolute Gasteiger partial charge is 0.166 e. The molecule has 0 spiro atoms. The standard InChI is InChI=1S/C22H20O.C21H18O.C18H18O.C17H22O.C15H14O2.C15H20O/c1-2-7-16-14-21-19(12-6-13-20(21)22(16)23)18-11-5-9-15-8-3-4-10-17(15)18;1-2-14-13-20-18(11-6-12-19(20)21(14)22)17-10-5-8-15-7-3-4-9-16(15)17;1-2-7-14-12-17-15(13-8-4-3-5-9-13)10-6-11-16(17)18(14)19;1-2-12-11-16-14(13-7-4-3-5-8-13)9-6-10-15(16)17(12)18;1-2-10-9-13-11(14-7-4-8-17-14)5-3-6-12(13)15(10)16;1-3-5-7-12-8-6-9-13-14(12)10-11(4-2)15(13)16/h3-6,8-13,16H,2,7,14H2,1H3;3-12,14H,2,13H2,1H3;3-6,8-11,14H,2,7,12H2,1H3;6,9-10,12-13H,2-5,7-8,11H2,1H3;3-8,10H,2,9H2,1H3;6,8-9,11H,3-5,7,10H2,1-2H3. The predicted octanol–water partition coefficient (Wildman–Crippen LogP) is 27.4. The molecule has 11 aromatic carbocycles. The lowest BCUT2D eigenvalue weighted by Gasteiger charge is -2.24. The zero-order valence-corrected chi connectivity index (χ0v) is 68.5. The van der Waals surface area contributed by atoms with Gasteiger partial charge in [-0.25, -0.2) is 0 Å². The number of carbonyl (C=O) groups is 6. The average Bonchev–Trinajstić information content (AvgIpc) is 1.70. The summed E-state index contributed by atoms with van der Waals surface area (Å²) in [6.07, 6.45) is 25.4. The van der Waals surface area contributed by atoms with Crippen molar-refractivity contribution in [1.82, 2.24) is 0 Å². The molecule has 1 aromatic heterocycles. The van der Waals surface area contributed by atoms with Crippen LogP contribution in [0.5, 0.6) is 0 Å². The fourth-order valence-corrected chi connectivity index (χ4v) is 19.5. The molecule has 0 amide bonds. The normalized spacial score (nSPS) is 18.6. The maximum absolute atomic E-state index is 12.6. The van der Waals surface area contributed by atoms with Crippen molar-refractivity contribution in [2.24, 2.45) is 35.5 Å². The van der Waals surface area contributed by atoms with E-state index < -0.39 is 0 Å². The molecule has 0 radical (unpaired) electrons. The number of ketones is 6. The van der Waals surface area contributed by atoms with Crippen LogP contribution in [0.2, 0.25) is 0 Å². The van der Waals surface area contributed by atoms with Gasteiger partial charge in [-0.3, -0.25) is 28.8 Å². The van der Waals surface area contributed by atoms with Gasteiger partial charge < -0.3 is 4.42 Å². The van der Waals surface area contributed by atoms with E-state index in [1.54, 1.807) is 6.26 Å². The van der Waals surface area contributed by atoms with Gasteiger partial charge in [-0.2, -0.15) is 0 Å². The van der Waals surface area contributed by atoms with Crippen LogP contribution >= 0.6 is 0 Å². The van der Waals surface area contributed by atoms with Crippen LogP contribution in [0.15, 0.2) is 247 Å². The van der Waals surface area contributed by atoms with E-state index >= 15 is 0 Å². The summed E-state index contributed by atoms with van der Waals surface area (Å²) in [6, 6.07) is 81.0. The molecule has 586 valence electrons. The molecule has 0 saturated heterocycles. The van der Waals surface area contributed by atoms with Crippen molar-refractivity contribution in [2.45, 2.75) is 196 Å². The summed E-state index contributed by atoms with van der Waals surface area (Å²) in [4.78, 5) is 73.9. The van der Waals surface area contributed by atoms with Gasteiger partial charge in [0.15, 0.2) is 34.7 Å². The van der Waals surface area contributed by atoms with Gasteiger partial charge in [-0.05, 0) is 220 Å². The number of benzene rings is 11. The SMILES string of the molecule is CCC1Cc2c(cccc2-c2cccc3ccccc23)C1=O.CCC1Cc2c(cccc2-c2ccco2)C1=O.CCC1Cc2c(cccc2C2CCCCC2)C1=O.CCCC1Cc2c(cccc2-c2cccc3ccccc23)C1=O.CCCC1Cc2c(cccc2-c2ccccc2)C1=O.CCCCc1cccc2c1CC(CC)C2=O. The molecule has 12 aromatic rings. The second-order valence-corrected chi connectivity index (χ2v) is 32.8. The number of rotatable bonds is 16. The second kappa shape index (κ2) is 37.7. The lowest BCUT2D eigenvalue weighted by Crippen LogP contribution is -2.07. The quantitative estimate of drug-likeness (QED) is 0.0946. The van der Waals surface area contributed by atoms with Gasteiger partial charge in [0.25, 0.3) is 0 Å². The number of fused-ring (bicyclic) bond motifs is 8. The van der Waals surface area contributed by atoms with E-state index in [0.717, 1.165) is 152 Å². The van der Waals surface area contributed by atoms with Gasteiger partial charge >= 0.3 is 0 Å². The van der Waals surface area contributed by atoms with Gasteiger partial charge in [0.05, 0.1) is 6.26 Å².